The highest BCUT2D eigenvalue weighted by molar-refractivity contribution is 5.61. The average molecular weight is 138 g/mol. The van der Waals surface area contributed by atoms with Crippen LogP contribution in [-0.4, -0.2) is 16.2 Å². The summed E-state index contributed by atoms with van der Waals surface area (Å²) in [5, 5.41) is 17.7. The summed E-state index contributed by atoms with van der Waals surface area (Å²) < 4.78 is 0. The van der Waals surface area contributed by atoms with Gasteiger partial charge in [-0.1, -0.05) is 0 Å². The smallest absolute Gasteiger partial charge is 0.132 e. The fraction of sp³-hybridized carbons (Fsp3) is 0.143. The summed E-state index contributed by atoms with van der Waals surface area (Å²) in [7, 11) is 0. The lowest BCUT2D eigenvalue weighted by molar-refractivity contribution is 0.375. The molecule has 0 spiro atoms. The molecule has 1 rings (SSSR count). The number of aliphatic hydroxyl groups excluding tert-OH is 2. The van der Waals surface area contributed by atoms with Crippen molar-refractivity contribution in [1.82, 2.24) is 0 Å². The Hall–Kier alpha value is -1.47. The highest BCUT2D eigenvalue weighted by Crippen LogP contribution is 2.17. The molecule has 1 aliphatic carbocycles. The number of aliphatic hydroxyl groups is 2. The van der Waals surface area contributed by atoms with Gasteiger partial charge in [0.2, 0.25) is 0 Å². The van der Waals surface area contributed by atoms with E-state index in [1.54, 1.807) is 0 Å². The summed E-state index contributed by atoms with van der Waals surface area (Å²) in [5.74, 6) is 1.48. The van der Waals surface area contributed by atoms with Crippen molar-refractivity contribution in [3.05, 3.63) is 29.2 Å². The van der Waals surface area contributed by atoms with Gasteiger partial charge in [0, 0.05) is 6.42 Å². The Balaban J connectivity index is 3.00. The van der Waals surface area contributed by atoms with Gasteiger partial charge in [0.05, 0.1) is 11.3 Å². The van der Waals surface area contributed by atoms with Crippen LogP contribution in [0.15, 0.2) is 29.2 Å². The normalized spacial score (nSPS) is 17.4. The van der Waals surface area contributed by atoms with Crippen LogP contribution in [0.25, 0.3) is 0 Å². The highest BCUT2D eigenvalue weighted by Gasteiger charge is 2.10. The molecule has 3 heteroatoms. The average Bonchev–Trinajstić information content (AvgIpc) is 1.94. The third kappa shape index (κ3) is 1.09. The lowest BCUT2D eigenvalue weighted by Crippen LogP contribution is -1.97. The number of hydrogen-bond donors (Lipinski definition) is 2. The Morgan fingerprint density at radius 3 is 2.60 bits per heavy atom. The lowest BCUT2D eigenvalue weighted by Gasteiger charge is -2.05. The van der Waals surface area contributed by atoms with Gasteiger partial charge >= 0.3 is 0 Å². The van der Waals surface area contributed by atoms with Gasteiger partial charge in [0.1, 0.15) is 11.7 Å². The van der Waals surface area contributed by atoms with Gasteiger partial charge in [0.15, 0.2) is 0 Å². The van der Waals surface area contributed by atoms with Gasteiger partial charge in [-0.15, -0.1) is 0 Å². The van der Waals surface area contributed by atoms with Gasteiger partial charge in [0.25, 0.3) is 0 Å². The number of hydrogen-bond acceptors (Lipinski definition) is 3. The van der Waals surface area contributed by atoms with E-state index in [1.807, 2.05) is 0 Å². The number of rotatable bonds is 0. The monoisotopic (exact) mass is 138 g/mol. The van der Waals surface area contributed by atoms with Crippen LogP contribution in [0, 0.1) is 0 Å². The van der Waals surface area contributed by atoms with E-state index in [9.17, 15) is 4.79 Å². The molecule has 0 unspecified atom stereocenters. The van der Waals surface area contributed by atoms with Gasteiger partial charge in [-0.2, -0.15) is 0 Å². The van der Waals surface area contributed by atoms with E-state index in [-0.39, 0.29) is 23.5 Å². The molecular formula is C7H6O3. The molecule has 52 valence electrons. The summed E-state index contributed by atoms with van der Waals surface area (Å²) in [6.07, 6.45) is 2.68. The summed E-state index contributed by atoms with van der Waals surface area (Å²) in [6, 6.07) is 0. The van der Waals surface area contributed by atoms with Gasteiger partial charge in [-0.25, -0.2) is 4.79 Å². The van der Waals surface area contributed by atoms with E-state index in [0.29, 0.717) is 0 Å². The van der Waals surface area contributed by atoms with Crippen molar-refractivity contribution >= 4 is 5.94 Å². The van der Waals surface area contributed by atoms with E-state index in [1.165, 1.54) is 18.1 Å². The maximum atomic E-state index is 10.0. The largest absolute Gasteiger partial charge is 0.512 e. The summed E-state index contributed by atoms with van der Waals surface area (Å²) in [5.41, 5.74) is 0.0972. The fourth-order valence-corrected chi connectivity index (χ4v) is 0.695. The second kappa shape index (κ2) is 2.42. The van der Waals surface area contributed by atoms with Gasteiger partial charge in [-0.05, 0) is 12.2 Å². The molecule has 0 bridgehead atoms. The lowest BCUT2D eigenvalue weighted by atomic mass is 10.1. The molecule has 0 atom stereocenters. The molecule has 0 amide bonds. The molecule has 3 nitrogen and oxygen atoms in total. The van der Waals surface area contributed by atoms with Crippen LogP contribution in [0.4, 0.5) is 0 Å². The van der Waals surface area contributed by atoms with Crippen molar-refractivity contribution in [3.63, 3.8) is 0 Å². The molecule has 0 heterocycles. The van der Waals surface area contributed by atoms with E-state index in [2.05, 4.69) is 0 Å². The first kappa shape index (κ1) is 6.65. The Morgan fingerprint density at radius 2 is 2.10 bits per heavy atom. The topological polar surface area (TPSA) is 57.5 Å². The maximum absolute atomic E-state index is 10.0. The molecule has 0 saturated heterocycles. The van der Waals surface area contributed by atoms with Crippen molar-refractivity contribution in [2.75, 3.05) is 0 Å². The molecule has 1 aliphatic rings. The minimum Gasteiger partial charge on any atom is -0.512 e. The van der Waals surface area contributed by atoms with Crippen LogP contribution < -0.4 is 0 Å². The Kier molecular flexibility index (Phi) is 1.61. The molecule has 0 saturated carbocycles. The molecule has 0 fully saturated rings. The van der Waals surface area contributed by atoms with Crippen molar-refractivity contribution in [2.45, 2.75) is 6.42 Å². The standard InChI is InChI=1S/C7H6O3/c8-4-5-3-6(9)1-2-7(5)10/h1-2,9-10H,3H2. The summed E-state index contributed by atoms with van der Waals surface area (Å²) in [6.45, 7) is 0. The molecule has 0 aliphatic heterocycles. The SMILES string of the molecule is O=C=C1CC(O)=CC=C1O. The van der Waals surface area contributed by atoms with Crippen LogP contribution in [-0.2, 0) is 4.79 Å². The third-order valence-corrected chi connectivity index (χ3v) is 1.22. The van der Waals surface area contributed by atoms with Crippen molar-refractivity contribution in [3.8, 4) is 0 Å². The first-order valence-corrected chi connectivity index (χ1v) is 2.77. The molecule has 2 N–H and O–H groups in total. The number of carbonyl (C=O) groups excluding carboxylic acids is 1. The highest BCUT2D eigenvalue weighted by atomic mass is 16.3. The first-order valence-electron chi connectivity index (χ1n) is 2.77. The van der Waals surface area contributed by atoms with Crippen LogP contribution in [0.5, 0.6) is 0 Å². The quantitative estimate of drug-likeness (QED) is 0.491. The van der Waals surface area contributed by atoms with Crippen LogP contribution in [0.2, 0.25) is 0 Å². The third-order valence-electron chi connectivity index (χ3n) is 1.22. The second-order valence-electron chi connectivity index (χ2n) is 1.97. The zero-order valence-electron chi connectivity index (χ0n) is 5.16. The molecule has 0 aromatic carbocycles. The molecule has 10 heavy (non-hydrogen) atoms. The minimum absolute atomic E-state index is 0.0659. The van der Waals surface area contributed by atoms with Crippen LogP contribution in [0.3, 0.4) is 0 Å². The van der Waals surface area contributed by atoms with Crippen molar-refractivity contribution in [2.24, 2.45) is 0 Å². The fourth-order valence-electron chi connectivity index (χ4n) is 0.695. The van der Waals surface area contributed by atoms with Crippen LogP contribution >= 0.6 is 0 Å². The van der Waals surface area contributed by atoms with E-state index >= 15 is 0 Å². The Labute approximate surface area is 57.6 Å². The predicted molar refractivity (Wildman–Crippen MR) is 35.2 cm³/mol. The molecule has 0 aromatic rings. The first-order chi connectivity index (χ1) is 4.74. The molecular weight excluding hydrogens is 132 g/mol. The van der Waals surface area contributed by atoms with Crippen molar-refractivity contribution < 1.29 is 15.0 Å². The predicted octanol–water partition coefficient (Wildman–Crippen LogP) is 1.03. The van der Waals surface area contributed by atoms with Gasteiger partial charge < -0.3 is 10.2 Å². The maximum Gasteiger partial charge on any atom is 0.132 e. The van der Waals surface area contributed by atoms with E-state index in [4.69, 9.17) is 10.2 Å². The summed E-state index contributed by atoms with van der Waals surface area (Å²) >= 11 is 0. The Bertz CT molecular complexity index is 254. The van der Waals surface area contributed by atoms with Gasteiger partial charge in [-0.3, -0.25) is 0 Å². The van der Waals surface area contributed by atoms with E-state index < -0.39 is 0 Å². The molecule has 0 radical (unpaired) electrons. The van der Waals surface area contributed by atoms with Crippen LogP contribution in [0.1, 0.15) is 6.42 Å². The molecule has 0 aromatic heterocycles. The zero-order valence-corrected chi connectivity index (χ0v) is 5.16. The number of allylic oxidation sites excluding steroid dienone is 4. The van der Waals surface area contributed by atoms with Crippen molar-refractivity contribution in [1.29, 1.82) is 0 Å². The Morgan fingerprint density at radius 1 is 1.40 bits per heavy atom. The zero-order chi connectivity index (χ0) is 7.56. The second-order valence-corrected chi connectivity index (χ2v) is 1.97. The summed E-state index contributed by atoms with van der Waals surface area (Å²) in [4.78, 5) is 10.0. The van der Waals surface area contributed by atoms with E-state index in [0.717, 1.165) is 0 Å². The minimum atomic E-state index is -0.118.